The molecule has 5 heteroatoms. The van der Waals surface area contributed by atoms with Gasteiger partial charge in [0.05, 0.1) is 5.56 Å². The van der Waals surface area contributed by atoms with E-state index < -0.39 is 11.7 Å². The van der Waals surface area contributed by atoms with Crippen LogP contribution in [0, 0.1) is 5.82 Å². The number of carbonyl (C=O) groups is 1. The van der Waals surface area contributed by atoms with E-state index in [-0.39, 0.29) is 5.56 Å². The highest BCUT2D eigenvalue weighted by Crippen LogP contribution is 2.14. The van der Waals surface area contributed by atoms with Gasteiger partial charge < -0.3 is 9.73 Å². The molecule has 1 aromatic heterocycles. The Morgan fingerprint density at radius 3 is 2.71 bits per heavy atom. The highest BCUT2D eigenvalue weighted by atomic mass is 19.1. The van der Waals surface area contributed by atoms with Crippen LogP contribution in [0.1, 0.15) is 16.2 Å². The first-order valence-corrected chi connectivity index (χ1v) is 6.61. The van der Waals surface area contributed by atoms with Gasteiger partial charge in [-0.15, -0.1) is 0 Å². The lowest BCUT2D eigenvalue weighted by molar-refractivity contribution is 0.0949. The van der Waals surface area contributed by atoms with Crippen LogP contribution < -0.4 is 5.32 Å². The molecule has 0 saturated heterocycles. The number of hydrogen-bond donors (Lipinski definition) is 1. The molecule has 21 heavy (non-hydrogen) atoms. The molecule has 0 unspecified atom stereocenters. The van der Waals surface area contributed by atoms with Gasteiger partial charge in [0.15, 0.2) is 11.5 Å². The minimum absolute atomic E-state index is 0.0371. The number of para-hydroxylation sites is 2. The van der Waals surface area contributed by atoms with Gasteiger partial charge in [-0.25, -0.2) is 9.37 Å². The third kappa shape index (κ3) is 2.91. The van der Waals surface area contributed by atoms with Crippen LogP contribution in [-0.4, -0.2) is 17.4 Å². The molecule has 0 spiro atoms. The van der Waals surface area contributed by atoms with Gasteiger partial charge >= 0.3 is 0 Å². The standard InChI is InChI=1S/C16H13FN2O2/c17-12-6-2-1-5-11(12)16(20)18-10-9-15-19-13-7-3-4-8-14(13)21-15/h1-8H,9-10H2,(H,18,20). The average Bonchev–Trinajstić information content (AvgIpc) is 2.90. The Bertz CT molecular complexity index is 750. The Balaban J connectivity index is 1.61. The number of halogens is 1. The summed E-state index contributed by atoms with van der Waals surface area (Å²) >= 11 is 0. The van der Waals surface area contributed by atoms with E-state index in [1.165, 1.54) is 12.1 Å². The fraction of sp³-hybridized carbons (Fsp3) is 0.125. The Morgan fingerprint density at radius 1 is 1.14 bits per heavy atom. The molecule has 0 radical (unpaired) electrons. The Hall–Kier alpha value is -2.69. The predicted molar refractivity (Wildman–Crippen MR) is 76.4 cm³/mol. The molecule has 0 aliphatic rings. The maximum atomic E-state index is 13.4. The lowest BCUT2D eigenvalue weighted by Gasteiger charge is -2.04. The minimum atomic E-state index is -0.531. The summed E-state index contributed by atoms with van der Waals surface area (Å²) in [4.78, 5) is 16.1. The van der Waals surface area contributed by atoms with E-state index in [1.807, 2.05) is 24.3 Å². The van der Waals surface area contributed by atoms with Crippen molar-refractivity contribution in [3.8, 4) is 0 Å². The van der Waals surface area contributed by atoms with Crippen molar-refractivity contribution in [2.75, 3.05) is 6.54 Å². The molecule has 1 N–H and O–H groups in total. The summed E-state index contributed by atoms with van der Waals surface area (Å²) in [5.74, 6) is -0.425. The molecule has 3 aromatic rings. The van der Waals surface area contributed by atoms with E-state index in [4.69, 9.17) is 4.42 Å². The first-order chi connectivity index (χ1) is 10.2. The smallest absolute Gasteiger partial charge is 0.254 e. The second-order valence-electron chi connectivity index (χ2n) is 4.56. The van der Waals surface area contributed by atoms with Gasteiger partial charge in [0, 0.05) is 13.0 Å². The molecule has 0 fully saturated rings. The summed E-state index contributed by atoms with van der Waals surface area (Å²) in [6.07, 6.45) is 0.453. The topological polar surface area (TPSA) is 55.1 Å². The number of aromatic nitrogens is 1. The van der Waals surface area contributed by atoms with Crippen molar-refractivity contribution in [2.24, 2.45) is 0 Å². The lowest BCUT2D eigenvalue weighted by Crippen LogP contribution is -2.26. The number of fused-ring (bicyclic) bond motifs is 1. The average molecular weight is 284 g/mol. The van der Waals surface area contributed by atoms with E-state index in [9.17, 15) is 9.18 Å². The molecular formula is C16H13FN2O2. The quantitative estimate of drug-likeness (QED) is 0.801. The molecule has 0 aliphatic carbocycles. The molecule has 0 aliphatic heterocycles. The first-order valence-electron chi connectivity index (χ1n) is 6.61. The number of amides is 1. The van der Waals surface area contributed by atoms with Crippen LogP contribution in [-0.2, 0) is 6.42 Å². The van der Waals surface area contributed by atoms with Crippen LogP contribution in [0.3, 0.4) is 0 Å². The first kappa shape index (κ1) is 13.3. The summed E-state index contributed by atoms with van der Waals surface area (Å²) in [7, 11) is 0. The third-order valence-electron chi connectivity index (χ3n) is 3.08. The van der Waals surface area contributed by atoms with E-state index >= 15 is 0 Å². The zero-order chi connectivity index (χ0) is 14.7. The zero-order valence-corrected chi connectivity index (χ0v) is 11.2. The van der Waals surface area contributed by atoms with E-state index in [1.54, 1.807) is 12.1 Å². The Labute approximate surface area is 120 Å². The van der Waals surface area contributed by atoms with Crippen molar-refractivity contribution < 1.29 is 13.6 Å². The molecule has 2 aromatic carbocycles. The molecule has 3 rings (SSSR count). The lowest BCUT2D eigenvalue weighted by atomic mass is 10.2. The highest BCUT2D eigenvalue weighted by Gasteiger charge is 2.11. The van der Waals surface area contributed by atoms with Crippen molar-refractivity contribution in [3.05, 3.63) is 65.8 Å². The number of oxazole rings is 1. The molecule has 0 saturated carbocycles. The van der Waals surface area contributed by atoms with Crippen LogP contribution in [0.2, 0.25) is 0 Å². The van der Waals surface area contributed by atoms with Crippen molar-refractivity contribution >= 4 is 17.0 Å². The van der Waals surface area contributed by atoms with Gasteiger partial charge in [-0.05, 0) is 24.3 Å². The van der Waals surface area contributed by atoms with Crippen molar-refractivity contribution in [1.82, 2.24) is 10.3 Å². The number of rotatable bonds is 4. The largest absolute Gasteiger partial charge is 0.441 e. The van der Waals surface area contributed by atoms with E-state index in [0.29, 0.717) is 24.4 Å². The number of nitrogens with zero attached hydrogens (tertiary/aromatic N) is 1. The molecular weight excluding hydrogens is 271 g/mol. The monoisotopic (exact) mass is 284 g/mol. The fourth-order valence-corrected chi connectivity index (χ4v) is 2.05. The molecule has 0 bridgehead atoms. The molecule has 1 amide bonds. The van der Waals surface area contributed by atoms with Crippen LogP contribution >= 0.6 is 0 Å². The Kier molecular flexibility index (Phi) is 3.64. The molecule has 106 valence electrons. The van der Waals surface area contributed by atoms with Gasteiger partial charge in [0.25, 0.3) is 5.91 Å². The van der Waals surface area contributed by atoms with Crippen molar-refractivity contribution in [2.45, 2.75) is 6.42 Å². The number of hydrogen-bond acceptors (Lipinski definition) is 3. The van der Waals surface area contributed by atoms with Crippen LogP contribution in [0.4, 0.5) is 4.39 Å². The Morgan fingerprint density at radius 2 is 1.90 bits per heavy atom. The molecule has 1 heterocycles. The predicted octanol–water partition coefficient (Wildman–Crippen LogP) is 2.94. The summed E-state index contributed by atoms with van der Waals surface area (Å²) in [6, 6.07) is 13.3. The number of benzene rings is 2. The van der Waals surface area contributed by atoms with Gasteiger partial charge in [-0.2, -0.15) is 0 Å². The van der Waals surface area contributed by atoms with Crippen molar-refractivity contribution in [3.63, 3.8) is 0 Å². The summed E-state index contributed by atoms with van der Waals surface area (Å²) < 4.78 is 19.0. The van der Waals surface area contributed by atoms with E-state index in [2.05, 4.69) is 10.3 Å². The van der Waals surface area contributed by atoms with Gasteiger partial charge in [0.1, 0.15) is 11.3 Å². The molecule has 0 atom stereocenters. The number of carbonyl (C=O) groups excluding carboxylic acids is 1. The van der Waals surface area contributed by atoms with Crippen molar-refractivity contribution in [1.29, 1.82) is 0 Å². The van der Waals surface area contributed by atoms with Crippen LogP contribution in [0.5, 0.6) is 0 Å². The van der Waals surface area contributed by atoms with Crippen LogP contribution in [0.25, 0.3) is 11.1 Å². The summed E-state index contributed by atoms with van der Waals surface area (Å²) in [5, 5.41) is 2.65. The SMILES string of the molecule is O=C(NCCc1nc2ccccc2o1)c1ccccc1F. The third-order valence-corrected chi connectivity index (χ3v) is 3.08. The number of nitrogens with one attached hydrogen (secondary N) is 1. The molecule has 4 nitrogen and oxygen atoms in total. The van der Waals surface area contributed by atoms with Crippen LogP contribution in [0.15, 0.2) is 52.9 Å². The highest BCUT2D eigenvalue weighted by molar-refractivity contribution is 5.94. The maximum absolute atomic E-state index is 13.4. The maximum Gasteiger partial charge on any atom is 0.254 e. The minimum Gasteiger partial charge on any atom is -0.441 e. The van der Waals surface area contributed by atoms with Gasteiger partial charge in [-0.3, -0.25) is 4.79 Å². The summed E-state index contributed by atoms with van der Waals surface area (Å²) in [5.41, 5.74) is 1.54. The normalized spacial score (nSPS) is 10.7. The fourth-order valence-electron chi connectivity index (χ4n) is 2.05. The van der Waals surface area contributed by atoms with Gasteiger partial charge in [-0.1, -0.05) is 24.3 Å². The van der Waals surface area contributed by atoms with E-state index in [0.717, 1.165) is 5.52 Å². The second kappa shape index (κ2) is 5.75. The second-order valence-corrected chi connectivity index (χ2v) is 4.56. The van der Waals surface area contributed by atoms with Gasteiger partial charge in [0.2, 0.25) is 0 Å². The summed E-state index contributed by atoms with van der Waals surface area (Å²) in [6.45, 7) is 0.333. The zero-order valence-electron chi connectivity index (χ0n) is 11.2.